The number of carboxylic acid groups (broad SMARTS) is 1. The van der Waals surface area contributed by atoms with E-state index in [2.05, 4.69) is 15.4 Å². The summed E-state index contributed by atoms with van der Waals surface area (Å²) in [6.45, 7) is 1.83. The molecule has 7 nitrogen and oxygen atoms in total. The van der Waals surface area contributed by atoms with E-state index in [0.29, 0.717) is 11.4 Å². The van der Waals surface area contributed by atoms with Gasteiger partial charge in [0.05, 0.1) is 7.05 Å². The molecule has 0 saturated carbocycles. The van der Waals surface area contributed by atoms with Crippen molar-refractivity contribution in [3.05, 3.63) is 41.2 Å². The van der Waals surface area contributed by atoms with Gasteiger partial charge in [0.1, 0.15) is 5.41 Å². The number of aliphatic carboxylic acids is 1. The van der Waals surface area contributed by atoms with Crippen molar-refractivity contribution < 1.29 is 9.90 Å². The van der Waals surface area contributed by atoms with Crippen LogP contribution in [0.1, 0.15) is 17.0 Å². The van der Waals surface area contributed by atoms with Gasteiger partial charge < -0.3 is 10.8 Å². The van der Waals surface area contributed by atoms with Crippen LogP contribution in [0.4, 0.5) is 0 Å². The summed E-state index contributed by atoms with van der Waals surface area (Å²) in [6.07, 6.45) is 0.109. The van der Waals surface area contributed by atoms with Gasteiger partial charge in [0.25, 0.3) is 0 Å². The molecule has 0 saturated heterocycles. The van der Waals surface area contributed by atoms with Gasteiger partial charge in [-0.3, -0.25) is 4.79 Å². The first-order valence-electron chi connectivity index (χ1n) is 6.22. The molecule has 0 bridgehead atoms. The van der Waals surface area contributed by atoms with E-state index >= 15 is 0 Å². The fourth-order valence-electron chi connectivity index (χ4n) is 2.33. The zero-order valence-electron chi connectivity index (χ0n) is 11.4. The first kappa shape index (κ1) is 14.1. The number of aryl methyl sites for hydroxylation is 2. The number of carbonyl (C=O) groups is 1. The van der Waals surface area contributed by atoms with Crippen LogP contribution >= 0.6 is 0 Å². The molecule has 0 fully saturated rings. The van der Waals surface area contributed by atoms with Crippen molar-refractivity contribution in [1.82, 2.24) is 20.2 Å². The summed E-state index contributed by atoms with van der Waals surface area (Å²) in [5, 5.41) is 21.4. The average Bonchev–Trinajstić information content (AvgIpc) is 2.82. The topological polar surface area (TPSA) is 107 Å². The number of hydrogen-bond donors (Lipinski definition) is 2. The third-order valence-electron chi connectivity index (χ3n) is 3.43. The van der Waals surface area contributed by atoms with Gasteiger partial charge in [0, 0.05) is 13.0 Å². The van der Waals surface area contributed by atoms with Crippen LogP contribution in [0.3, 0.4) is 0 Å². The van der Waals surface area contributed by atoms with Crippen molar-refractivity contribution >= 4 is 5.97 Å². The predicted octanol–water partition coefficient (Wildman–Crippen LogP) is 0.0423. The normalized spacial score (nSPS) is 13.9. The van der Waals surface area contributed by atoms with E-state index in [9.17, 15) is 9.90 Å². The Morgan fingerprint density at radius 3 is 2.65 bits per heavy atom. The van der Waals surface area contributed by atoms with Crippen LogP contribution in [0.2, 0.25) is 0 Å². The minimum atomic E-state index is -1.24. The molecular weight excluding hydrogens is 258 g/mol. The second kappa shape index (κ2) is 5.38. The van der Waals surface area contributed by atoms with Crippen LogP contribution in [-0.2, 0) is 23.7 Å². The Hall–Kier alpha value is -2.28. The average molecular weight is 275 g/mol. The van der Waals surface area contributed by atoms with Gasteiger partial charge >= 0.3 is 5.97 Å². The van der Waals surface area contributed by atoms with Gasteiger partial charge in [-0.15, -0.1) is 10.2 Å². The Bertz CT molecular complexity index is 625. The van der Waals surface area contributed by atoms with E-state index in [4.69, 9.17) is 5.73 Å². The van der Waals surface area contributed by atoms with Crippen LogP contribution in [0, 0.1) is 6.92 Å². The summed E-state index contributed by atoms with van der Waals surface area (Å²) in [4.78, 5) is 13.2. The maximum Gasteiger partial charge on any atom is 0.315 e. The molecule has 2 rings (SSSR count). The second-order valence-corrected chi connectivity index (χ2v) is 4.78. The Kier molecular flexibility index (Phi) is 3.80. The van der Waals surface area contributed by atoms with Gasteiger partial charge in [0.15, 0.2) is 5.82 Å². The fraction of sp³-hybridized carbons (Fsp3) is 0.385. The second-order valence-electron chi connectivity index (χ2n) is 4.78. The first-order valence-corrected chi connectivity index (χ1v) is 6.22. The van der Waals surface area contributed by atoms with Gasteiger partial charge in [0.2, 0.25) is 0 Å². The lowest BCUT2D eigenvalue weighted by Crippen LogP contribution is -2.45. The number of benzene rings is 1. The largest absolute Gasteiger partial charge is 0.481 e. The maximum absolute atomic E-state index is 11.9. The van der Waals surface area contributed by atoms with Gasteiger partial charge in [-0.2, -0.15) is 4.80 Å². The number of carboxylic acids is 1. The summed E-state index contributed by atoms with van der Waals surface area (Å²) in [5.41, 5.74) is 6.12. The number of rotatable bonds is 5. The molecular formula is C13H17N5O2. The molecule has 0 aliphatic heterocycles. The summed E-state index contributed by atoms with van der Waals surface area (Å²) in [5.74, 6) is -0.620. The van der Waals surface area contributed by atoms with Crippen molar-refractivity contribution in [2.75, 3.05) is 6.54 Å². The van der Waals surface area contributed by atoms with Gasteiger partial charge in [-0.05, 0) is 23.3 Å². The van der Waals surface area contributed by atoms with Crippen LogP contribution in [-0.4, -0.2) is 37.8 Å². The fourth-order valence-corrected chi connectivity index (χ4v) is 2.33. The first-order chi connectivity index (χ1) is 9.49. The number of nitrogens with two attached hydrogens (primary N) is 1. The van der Waals surface area contributed by atoms with Crippen molar-refractivity contribution in [2.45, 2.75) is 18.8 Å². The smallest absolute Gasteiger partial charge is 0.315 e. The summed E-state index contributed by atoms with van der Waals surface area (Å²) >= 11 is 0. The molecule has 1 heterocycles. The molecule has 0 aliphatic carbocycles. The minimum Gasteiger partial charge on any atom is -0.481 e. The molecule has 1 atom stereocenters. The molecule has 0 aliphatic rings. The molecule has 106 valence electrons. The Morgan fingerprint density at radius 1 is 1.45 bits per heavy atom. The van der Waals surface area contributed by atoms with Crippen LogP contribution in [0.15, 0.2) is 24.3 Å². The molecule has 3 N–H and O–H groups in total. The van der Waals surface area contributed by atoms with Crippen molar-refractivity contribution in [1.29, 1.82) is 0 Å². The quantitative estimate of drug-likeness (QED) is 0.798. The van der Waals surface area contributed by atoms with Crippen LogP contribution in [0.25, 0.3) is 0 Å². The summed E-state index contributed by atoms with van der Waals surface area (Å²) < 4.78 is 0. The highest BCUT2D eigenvalue weighted by Crippen LogP contribution is 2.29. The third-order valence-corrected chi connectivity index (χ3v) is 3.43. The molecule has 2 aromatic rings. The van der Waals surface area contributed by atoms with E-state index in [1.54, 1.807) is 19.2 Å². The number of aromatic nitrogens is 4. The lowest BCUT2D eigenvalue weighted by Gasteiger charge is -2.28. The van der Waals surface area contributed by atoms with Gasteiger partial charge in [-0.1, -0.05) is 24.3 Å². The Labute approximate surface area is 116 Å². The SMILES string of the molecule is Cc1ccccc1C(CN)(Cc1nnn(C)n1)C(=O)O. The number of hydrogen-bond acceptors (Lipinski definition) is 5. The molecule has 0 radical (unpaired) electrons. The van der Waals surface area contributed by atoms with E-state index in [1.165, 1.54) is 4.80 Å². The highest BCUT2D eigenvalue weighted by Gasteiger charge is 2.41. The van der Waals surface area contributed by atoms with Crippen molar-refractivity contribution in [3.63, 3.8) is 0 Å². The third kappa shape index (κ3) is 2.39. The maximum atomic E-state index is 11.9. The summed E-state index contributed by atoms with van der Waals surface area (Å²) in [7, 11) is 1.63. The van der Waals surface area contributed by atoms with E-state index in [0.717, 1.165) is 5.56 Å². The number of tetrazole rings is 1. The lowest BCUT2D eigenvalue weighted by molar-refractivity contribution is -0.143. The minimum absolute atomic E-state index is 0.0363. The van der Waals surface area contributed by atoms with E-state index in [-0.39, 0.29) is 13.0 Å². The van der Waals surface area contributed by atoms with Crippen molar-refractivity contribution in [2.24, 2.45) is 12.8 Å². The highest BCUT2D eigenvalue weighted by molar-refractivity contribution is 5.82. The van der Waals surface area contributed by atoms with Gasteiger partial charge in [-0.25, -0.2) is 0 Å². The van der Waals surface area contributed by atoms with Crippen LogP contribution in [0.5, 0.6) is 0 Å². The zero-order chi connectivity index (χ0) is 14.8. The monoisotopic (exact) mass is 275 g/mol. The van der Waals surface area contributed by atoms with Crippen LogP contribution < -0.4 is 5.73 Å². The molecule has 0 spiro atoms. The molecule has 20 heavy (non-hydrogen) atoms. The predicted molar refractivity (Wildman–Crippen MR) is 72.0 cm³/mol. The zero-order valence-corrected chi connectivity index (χ0v) is 11.4. The standard InChI is InChI=1S/C13H17N5O2/c1-9-5-3-4-6-10(9)13(8-14,12(19)20)7-11-15-17-18(2)16-11/h3-6H,7-8,14H2,1-2H3,(H,19,20). The lowest BCUT2D eigenvalue weighted by atomic mass is 9.75. The summed E-state index contributed by atoms with van der Waals surface area (Å²) in [6, 6.07) is 7.32. The molecule has 7 heteroatoms. The van der Waals surface area contributed by atoms with E-state index in [1.807, 2.05) is 19.1 Å². The molecule has 1 aromatic carbocycles. The van der Waals surface area contributed by atoms with E-state index < -0.39 is 11.4 Å². The molecule has 1 aromatic heterocycles. The highest BCUT2D eigenvalue weighted by atomic mass is 16.4. The van der Waals surface area contributed by atoms with Crippen molar-refractivity contribution in [3.8, 4) is 0 Å². The Balaban J connectivity index is 2.51. The Morgan fingerprint density at radius 2 is 2.15 bits per heavy atom. The molecule has 0 amide bonds. The molecule has 1 unspecified atom stereocenters. The number of nitrogens with zero attached hydrogens (tertiary/aromatic N) is 4.